The molecule has 5 nitrogen and oxygen atoms in total. The van der Waals surface area contributed by atoms with Gasteiger partial charge in [0.1, 0.15) is 5.75 Å². The number of benzene rings is 2. The molecule has 0 aromatic heterocycles. The highest BCUT2D eigenvalue weighted by molar-refractivity contribution is 5.95. The summed E-state index contributed by atoms with van der Waals surface area (Å²) in [5.74, 6) is 1.65. The number of methoxy groups -OCH3 is 1. The van der Waals surface area contributed by atoms with Gasteiger partial charge in [0.25, 0.3) is 5.91 Å². The maximum absolute atomic E-state index is 12.7. The van der Waals surface area contributed by atoms with Gasteiger partial charge >= 0.3 is 0 Å². The third-order valence-electron chi connectivity index (χ3n) is 6.71. The van der Waals surface area contributed by atoms with Crippen molar-refractivity contribution in [2.45, 2.75) is 32.2 Å². The van der Waals surface area contributed by atoms with Crippen LogP contribution < -0.4 is 15.4 Å². The van der Waals surface area contributed by atoms with Gasteiger partial charge in [0.05, 0.1) is 13.2 Å². The van der Waals surface area contributed by atoms with Gasteiger partial charge in [0.2, 0.25) is 0 Å². The van der Waals surface area contributed by atoms with Crippen molar-refractivity contribution in [3.63, 3.8) is 0 Å². The van der Waals surface area contributed by atoms with Crippen LogP contribution in [0.4, 0.5) is 5.69 Å². The number of hydrogen-bond donors (Lipinski definition) is 2. The lowest BCUT2D eigenvalue weighted by Gasteiger charge is -2.37. The monoisotopic (exact) mass is 419 g/mol. The number of carbonyl (C=O) groups excluding carboxylic acids is 1. The fourth-order valence-corrected chi connectivity index (χ4v) is 4.85. The SMILES string of the molecule is CCN(CC)CCNC(=O)c1ccc2c(c1)C1C=CCC1C(c1ccc(OC)cc1)N2. The van der Waals surface area contributed by atoms with Crippen LogP contribution in [0.25, 0.3) is 0 Å². The minimum atomic E-state index is 0.00533. The summed E-state index contributed by atoms with van der Waals surface area (Å²) in [6.07, 6.45) is 5.62. The number of hydrogen-bond acceptors (Lipinski definition) is 4. The van der Waals surface area contributed by atoms with Crippen LogP contribution in [0.3, 0.4) is 0 Å². The van der Waals surface area contributed by atoms with Crippen molar-refractivity contribution in [3.05, 3.63) is 71.3 Å². The largest absolute Gasteiger partial charge is 0.497 e. The van der Waals surface area contributed by atoms with E-state index in [4.69, 9.17) is 4.74 Å². The average Bonchev–Trinajstić information content (AvgIpc) is 3.31. The molecule has 3 atom stereocenters. The molecular weight excluding hydrogens is 386 g/mol. The summed E-state index contributed by atoms with van der Waals surface area (Å²) >= 11 is 0. The van der Waals surface area contributed by atoms with Crippen molar-refractivity contribution >= 4 is 11.6 Å². The molecule has 1 aliphatic carbocycles. The second-order valence-electron chi connectivity index (χ2n) is 8.33. The fraction of sp³-hybridized carbons (Fsp3) is 0.423. The molecule has 4 rings (SSSR count). The van der Waals surface area contributed by atoms with Crippen molar-refractivity contribution in [1.29, 1.82) is 0 Å². The van der Waals surface area contributed by atoms with E-state index in [0.29, 0.717) is 18.4 Å². The Kier molecular flexibility index (Phi) is 6.62. The Hall–Kier alpha value is -2.79. The molecule has 0 radical (unpaired) electrons. The van der Waals surface area contributed by atoms with E-state index in [9.17, 15) is 4.79 Å². The minimum absolute atomic E-state index is 0.00533. The minimum Gasteiger partial charge on any atom is -0.497 e. The van der Waals surface area contributed by atoms with E-state index in [0.717, 1.165) is 43.1 Å². The summed E-state index contributed by atoms with van der Waals surface area (Å²) in [6.45, 7) is 7.84. The zero-order valence-corrected chi connectivity index (χ0v) is 18.7. The first-order valence-corrected chi connectivity index (χ1v) is 11.4. The third-order valence-corrected chi connectivity index (χ3v) is 6.71. The molecule has 5 heteroatoms. The number of carbonyl (C=O) groups is 1. The van der Waals surface area contributed by atoms with Gasteiger partial charge in [-0.25, -0.2) is 0 Å². The Morgan fingerprint density at radius 2 is 1.94 bits per heavy atom. The number of rotatable bonds is 8. The van der Waals surface area contributed by atoms with Crippen molar-refractivity contribution in [1.82, 2.24) is 10.2 Å². The van der Waals surface area contributed by atoms with Gasteiger partial charge in [-0.3, -0.25) is 4.79 Å². The van der Waals surface area contributed by atoms with Crippen molar-refractivity contribution in [2.75, 3.05) is 38.6 Å². The highest BCUT2D eigenvalue weighted by Crippen LogP contribution is 2.50. The van der Waals surface area contributed by atoms with Crippen molar-refractivity contribution < 1.29 is 9.53 Å². The molecule has 0 spiro atoms. The number of allylic oxidation sites excluding steroid dienone is 2. The van der Waals surface area contributed by atoms with E-state index >= 15 is 0 Å². The molecule has 31 heavy (non-hydrogen) atoms. The Balaban J connectivity index is 1.51. The van der Waals surface area contributed by atoms with E-state index in [1.54, 1.807) is 7.11 Å². The number of nitrogens with zero attached hydrogens (tertiary/aromatic N) is 1. The van der Waals surface area contributed by atoms with Crippen LogP contribution >= 0.6 is 0 Å². The summed E-state index contributed by atoms with van der Waals surface area (Å²) < 4.78 is 5.32. The number of fused-ring (bicyclic) bond motifs is 3. The zero-order chi connectivity index (χ0) is 21.8. The van der Waals surface area contributed by atoms with Crippen LogP contribution in [0.15, 0.2) is 54.6 Å². The molecule has 1 aliphatic heterocycles. The van der Waals surface area contributed by atoms with E-state index in [1.807, 2.05) is 18.2 Å². The molecular formula is C26H33N3O2. The summed E-state index contributed by atoms with van der Waals surface area (Å²) in [5.41, 5.74) is 4.35. The molecule has 164 valence electrons. The highest BCUT2D eigenvalue weighted by Gasteiger charge is 2.38. The predicted molar refractivity (Wildman–Crippen MR) is 126 cm³/mol. The summed E-state index contributed by atoms with van der Waals surface area (Å²) in [5, 5.41) is 6.82. The first-order valence-electron chi connectivity index (χ1n) is 11.4. The Bertz CT molecular complexity index is 934. The van der Waals surface area contributed by atoms with Gasteiger partial charge in [0, 0.05) is 30.3 Å². The number of ether oxygens (including phenoxy) is 1. The lowest BCUT2D eigenvalue weighted by molar-refractivity contribution is 0.0948. The molecule has 2 aliphatic rings. The van der Waals surface area contributed by atoms with Crippen LogP contribution in [-0.2, 0) is 0 Å². The van der Waals surface area contributed by atoms with Gasteiger partial charge in [-0.2, -0.15) is 0 Å². The average molecular weight is 420 g/mol. The zero-order valence-electron chi connectivity index (χ0n) is 18.7. The Morgan fingerprint density at radius 1 is 1.16 bits per heavy atom. The molecule has 2 N–H and O–H groups in total. The normalized spacial score (nSPS) is 21.4. The van der Waals surface area contributed by atoms with E-state index < -0.39 is 0 Å². The van der Waals surface area contributed by atoms with Gasteiger partial charge in [-0.05, 0) is 66.9 Å². The molecule has 3 unspecified atom stereocenters. The second kappa shape index (κ2) is 9.56. The molecule has 0 fully saturated rings. The van der Waals surface area contributed by atoms with Gasteiger partial charge in [-0.15, -0.1) is 0 Å². The maximum Gasteiger partial charge on any atom is 0.251 e. The molecule has 2 aromatic carbocycles. The first kappa shape index (κ1) is 21.4. The molecule has 0 bridgehead atoms. The predicted octanol–water partition coefficient (Wildman–Crippen LogP) is 4.59. The Labute approximate surface area is 185 Å². The first-order chi connectivity index (χ1) is 15.1. The number of nitrogens with one attached hydrogen (secondary N) is 2. The van der Waals surface area contributed by atoms with Crippen LogP contribution in [0.5, 0.6) is 5.75 Å². The molecule has 1 heterocycles. The van der Waals surface area contributed by atoms with Crippen LogP contribution in [0.1, 0.15) is 53.7 Å². The molecule has 0 saturated heterocycles. The molecule has 1 amide bonds. The molecule has 0 saturated carbocycles. The second-order valence-corrected chi connectivity index (χ2v) is 8.33. The van der Waals surface area contributed by atoms with E-state index in [1.165, 1.54) is 11.1 Å². The van der Waals surface area contributed by atoms with Crippen molar-refractivity contribution in [3.8, 4) is 5.75 Å². The summed E-state index contributed by atoms with van der Waals surface area (Å²) in [6, 6.07) is 14.7. The van der Waals surface area contributed by atoms with Crippen molar-refractivity contribution in [2.24, 2.45) is 5.92 Å². The van der Waals surface area contributed by atoms with Gasteiger partial charge in [-0.1, -0.05) is 38.1 Å². The fourth-order valence-electron chi connectivity index (χ4n) is 4.85. The van der Waals surface area contributed by atoms with Gasteiger partial charge < -0.3 is 20.3 Å². The topological polar surface area (TPSA) is 53.6 Å². The van der Waals surface area contributed by atoms with Crippen LogP contribution in [0.2, 0.25) is 0 Å². The lowest BCUT2D eigenvalue weighted by atomic mass is 9.76. The number of anilines is 1. The standard InChI is InChI=1S/C26H33N3O2/c1-4-29(5-2)16-15-27-26(30)19-11-14-24-23(17-19)21-7-6-8-22(21)25(28-24)18-9-12-20(31-3)13-10-18/h6-7,9-14,17,21-22,25,28H,4-5,8,15-16H2,1-3H3,(H,27,30). The number of likely N-dealkylation sites (N-methyl/N-ethyl adjacent to an activating group) is 1. The summed E-state index contributed by atoms with van der Waals surface area (Å²) in [4.78, 5) is 15.1. The smallest absolute Gasteiger partial charge is 0.251 e. The maximum atomic E-state index is 12.7. The van der Waals surface area contributed by atoms with Crippen LogP contribution in [0, 0.1) is 5.92 Å². The number of amides is 1. The van der Waals surface area contributed by atoms with Gasteiger partial charge in [0.15, 0.2) is 0 Å². The lowest BCUT2D eigenvalue weighted by Crippen LogP contribution is -2.35. The van der Waals surface area contributed by atoms with E-state index in [2.05, 4.69) is 65.8 Å². The summed E-state index contributed by atoms with van der Waals surface area (Å²) in [7, 11) is 1.69. The van der Waals surface area contributed by atoms with Crippen LogP contribution in [-0.4, -0.2) is 44.1 Å². The molecule has 2 aromatic rings. The highest BCUT2D eigenvalue weighted by atomic mass is 16.5. The third kappa shape index (κ3) is 4.47. The Morgan fingerprint density at radius 3 is 2.65 bits per heavy atom. The van der Waals surface area contributed by atoms with E-state index in [-0.39, 0.29) is 11.9 Å². The quantitative estimate of drug-likeness (QED) is 0.615.